The zero-order valence-corrected chi connectivity index (χ0v) is 21.4. The van der Waals surface area contributed by atoms with Crippen molar-refractivity contribution in [3.05, 3.63) is 78.6 Å². The molecular formula is C26H22F4N6O2S. The van der Waals surface area contributed by atoms with E-state index in [1.807, 2.05) is 4.90 Å². The van der Waals surface area contributed by atoms with Crippen LogP contribution in [0.3, 0.4) is 0 Å². The molecule has 13 heteroatoms. The van der Waals surface area contributed by atoms with Crippen LogP contribution in [0.1, 0.15) is 5.82 Å². The molecule has 4 aromatic rings. The largest absolute Gasteiger partial charge is 0.451 e. The molecule has 39 heavy (non-hydrogen) atoms. The van der Waals surface area contributed by atoms with E-state index in [1.54, 1.807) is 23.4 Å². The molecule has 0 atom stereocenters. The second-order valence-electron chi connectivity index (χ2n) is 8.92. The van der Waals surface area contributed by atoms with E-state index in [1.165, 1.54) is 48.5 Å². The van der Waals surface area contributed by atoms with E-state index in [0.29, 0.717) is 37.7 Å². The highest BCUT2D eigenvalue weighted by atomic mass is 32.2. The number of nitrogens with zero attached hydrogens (tertiary/aromatic N) is 6. The molecule has 1 saturated heterocycles. The first kappa shape index (κ1) is 26.5. The summed E-state index contributed by atoms with van der Waals surface area (Å²) in [6.07, 6.45) is -0.584. The van der Waals surface area contributed by atoms with Crippen molar-refractivity contribution in [2.75, 3.05) is 42.2 Å². The summed E-state index contributed by atoms with van der Waals surface area (Å²) in [7, 11) is -3.53. The Morgan fingerprint density at radius 2 is 1.36 bits per heavy atom. The van der Waals surface area contributed by atoms with Crippen LogP contribution in [-0.4, -0.2) is 60.8 Å². The van der Waals surface area contributed by atoms with Gasteiger partial charge < -0.3 is 9.80 Å². The second-order valence-corrected chi connectivity index (χ2v) is 10.9. The molecule has 0 spiro atoms. The van der Waals surface area contributed by atoms with Crippen LogP contribution in [0.15, 0.2) is 71.9 Å². The van der Waals surface area contributed by atoms with Crippen molar-refractivity contribution < 1.29 is 26.0 Å². The summed E-state index contributed by atoms with van der Waals surface area (Å²) < 4.78 is 79.8. The maximum absolute atomic E-state index is 14.0. The predicted molar refractivity (Wildman–Crippen MR) is 137 cm³/mol. The average molecular weight is 559 g/mol. The number of hydrogen-bond donors (Lipinski definition) is 0. The highest BCUT2D eigenvalue weighted by Crippen LogP contribution is 2.41. The lowest BCUT2D eigenvalue weighted by Crippen LogP contribution is -2.47. The van der Waals surface area contributed by atoms with Crippen LogP contribution < -0.4 is 9.80 Å². The molecule has 0 unspecified atom stereocenters. The van der Waals surface area contributed by atoms with Gasteiger partial charge in [0.05, 0.1) is 16.2 Å². The lowest BCUT2D eigenvalue weighted by Gasteiger charge is -2.36. The highest BCUT2D eigenvalue weighted by Gasteiger charge is 2.38. The SMILES string of the molecule is CS(=O)(=O)c1ccc(-c2nc(C(F)(F)F)nc(N3CCN(c4ncccn4)CC3)c2-c2ccc(F)cc2)cc1. The minimum atomic E-state index is -4.85. The smallest absolute Gasteiger partial charge is 0.352 e. The van der Waals surface area contributed by atoms with Gasteiger partial charge >= 0.3 is 6.18 Å². The van der Waals surface area contributed by atoms with E-state index in [9.17, 15) is 26.0 Å². The van der Waals surface area contributed by atoms with Crippen molar-refractivity contribution in [3.63, 3.8) is 0 Å². The zero-order valence-electron chi connectivity index (χ0n) is 20.6. The molecule has 0 amide bonds. The van der Waals surface area contributed by atoms with Gasteiger partial charge in [0.15, 0.2) is 9.84 Å². The van der Waals surface area contributed by atoms with Gasteiger partial charge in [-0.2, -0.15) is 13.2 Å². The zero-order chi connectivity index (χ0) is 27.8. The number of anilines is 2. The summed E-state index contributed by atoms with van der Waals surface area (Å²) >= 11 is 0. The number of hydrogen-bond acceptors (Lipinski definition) is 8. The molecule has 3 heterocycles. The Labute approximate surface area is 221 Å². The lowest BCUT2D eigenvalue weighted by atomic mass is 9.98. The summed E-state index contributed by atoms with van der Waals surface area (Å²) in [4.78, 5) is 20.0. The molecule has 8 nitrogen and oxygen atoms in total. The molecule has 0 radical (unpaired) electrons. The van der Waals surface area contributed by atoms with Gasteiger partial charge in [-0.05, 0) is 35.9 Å². The molecule has 0 N–H and O–H groups in total. The quantitative estimate of drug-likeness (QED) is 0.331. The normalized spacial score (nSPS) is 14.5. The van der Waals surface area contributed by atoms with Crippen molar-refractivity contribution in [1.29, 1.82) is 0 Å². The van der Waals surface area contributed by atoms with Gasteiger partial charge in [0.1, 0.15) is 11.6 Å². The number of aromatic nitrogens is 4. The predicted octanol–water partition coefficient (Wildman–Crippen LogP) is 4.49. The summed E-state index contributed by atoms with van der Waals surface area (Å²) in [5, 5.41) is 0. The fourth-order valence-corrected chi connectivity index (χ4v) is 4.96. The third-order valence-corrected chi connectivity index (χ3v) is 7.37. The standard InChI is InChI=1S/C26H22F4N6O2S/c1-39(37,38)20-9-5-18(6-10-20)22-21(17-3-7-19(27)8-4-17)23(34-24(33-22)26(28,29)30)35-13-15-36(16-14-35)25-31-11-2-12-32-25/h2-12H,13-16H2,1H3. The topological polar surface area (TPSA) is 92.2 Å². The van der Waals surface area contributed by atoms with Gasteiger partial charge in [-0.15, -0.1) is 0 Å². The van der Waals surface area contributed by atoms with E-state index < -0.39 is 27.7 Å². The monoisotopic (exact) mass is 558 g/mol. The van der Waals surface area contributed by atoms with Gasteiger partial charge in [0.25, 0.3) is 0 Å². The van der Waals surface area contributed by atoms with Gasteiger partial charge in [-0.1, -0.05) is 24.3 Å². The molecule has 1 aliphatic heterocycles. The van der Waals surface area contributed by atoms with E-state index in [2.05, 4.69) is 19.9 Å². The third-order valence-electron chi connectivity index (χ3n) is 6.25. The first-order chi connectivity index (χ1) is 18.5. The van der Waals surface area contributed by atoms with Crippen molar-refractivity contribution in [2.45, 2.75) is 11.1 Å². The average Bonchev–Trinajstić information content (AvgIpc) is 2.92. The molecule has 0 saturated carbocycles. The van der Waals surface area contributed by atoms with Crippen LogP contribution in [0.2, 0.25) is 0 Å². The molecule has 2 aromatic carbocycles. The Hall–Kier alpha value is -4.13. The number of halogens is 4. The van der Waals surface area contributed by atoms with Crippen molar-refractivity contribution in [2.24, 2.45) is 0 Å². The van der Waals surface area contributed by atoms with Crippen LogP contribution in [0, 0.1) is 5.82 Å². The summed E-state index contributed by atoms with van der Waals surface area (Å²) in [5.74, 6) is -1.29. The molecule has 202 valence electrons. The van der Waals surface area contributed by atoms with E-state index >= 15 is 0 Å². The van der Waals surface area contributed by atoms with Gasteiger partial charge in [0, 0.05) is 50.4 Å². The Balaban J connectivity index is 1.65. The Bertz CT molecular complexity index is 1570. The minimum Gasteiger partial charge on any atom is -0.352 e. The third kappa shape index (κ3) is 5.67. The van der Waals surface area contributed by atoms with Crippen LogP contribution in [0.5, 0.6) is 0 Å². The van der Waals surface area contributed by atoms with Crippen LogP contribution in [0.25, 0.3) is 22.4 Å². The summed E-state index contributed by atoms with van der Waals surface area (Å²) in [5.41, 5.74) is 0.899. The fourth-order valence-electron chi connectivity index (χ4n) is 4.33. The molecule has 5 rings (SSSR count). The number of piperazine rings is 1. The summed E-state index contributed by atoms with van der Waals surface area (Å²) in [6, 6.07) is 12.4. The first-order valence-electron chi connectivity index (χ1n) is 11.8. The number of alkyl halides is 3. The van der Waals surface area contributed by atoms with Crippen LogP contribution in [0.4, 0.5) is 29.3 Å². The molecule has 0 aliphatic carbocycles. The van der Waals surface area contributed by atoms with Crippen molar-refractivity contribution in [1.82, 2.24) is 19.9 Å². The summed E-state index contributed by atoms with van der Waals surface area (Å²) in [6.45, 7) is 1.48. The van der Waals surface area contributed by atoms with Crippen molar-refractivity contribution >= 4 is 21.6 Å². The van der Waals surface area contributed by atoms with Crippen LogP contribution >= 0.6 is 0 Å². The second kappa shape index (κ2) is 10.2. The number of rotatable bonds is 5. The number of benzene rings is 2. The molecule has 2 aromatic heterocycles. The van der Waals surface area contributed by atoms with Gasteiger partial charge in [-0.25, -0.2) is 32.7 Å². The Morgan fingerprint density at radius 1 is 0.795 bits per heavy atom. The fraction of sp³-hybridized carbons (Fsp3) is 0.231. The molecule has 1 aliphatic rings. The van der Waals surface area contributed by atoms with Crippen molar-refractivity contribution in [3.8, 4) is 22.4 Å². The van der Waals surface area contributed by atoms with Gasteiger partial charge in [-0.3, -0.25) is 0 Å². The maximum atomic E-state index is 14.0. The Morgan fingerprint density at radius 3 is 1.92 bits per heavy atom. The lowest BCUT2D eigenvalue weighted by molar-refractivity contribution is -0.144. The Kier molecular flexibility index (Phi) is 6.93. The molecule has 1 fully saturated rings. The van der Waals surface area contributed by atoms with Crippen LogP contribution in [-0.2, 0) is 16.0 Å². The minimum absolute atomic E-state index is 0.0131. The molecule has 0 bridgehead atoms. The first-order valence-corrected chi connectivity index (χ1v) is 13.7. The number of sulfone groups is 1. The highest BCUT2D eigenvalue weighted by molar-refractivity contribution is 7.90. The maximum Gasteiger partial charge on any atom is 0.451 e. The van der Waals surface area contributed by atoms with E-state index in [0.717, 1.165) is 6.26 Å². The molecular weight excluding hydrogens is 536 g/mol. The van der Waals surface area contributed by atoms with E-state index in [4.69, 9.17) is 0 Å². The van der Waals surface area contributed by atoms with Gasteiger partial charge in [0.2, 0.25) is 11.8 Å². The van der Waals surface area contributed by atoms with E-state index in [-0.39, 0.29) is 27.5 Å².